The van der Waals surface area contributed by atoms with E-state index in [-0.39, 0.29) is 16.5 Å². The molecule has 1 aromatic carbocycles. The zero-order valence-electron chi connectivity index (χ0n) is 7.37. The molecule has 4 nitrogen and oxygen atoms in total. The first-order chi connectivity index (χ1) is 6.52. The van der Waals surface area contributed by atoms with Crippen molar-refractivity contribution in [3.05, 3.63) is 23.2 Å². The molecule has 74 valence electrons. The first kappa shape index (κ1) is 10.5. The van der Waals surface area contributed by atoms with Gasteiger partial charge in [-0.1, -0.05) is 17.7 Å². The molecule has 0 unspecified atom stereocenters. The summed E-state index contributed by atoms with van der Waals surface area (Å²) in [5.74, 6) is -1.53. The van der Waals surface area contributed by atoms with Gasteiger partial charge in [-0.2, -0.15) is 0 Å². The van der Waals surface area contributed by atoms with Crippen molar-refractivity contribution in [2.45, 2.75) is 6.92 Å². The number of ketones is 1. The number of hydrogen-bond acceptors (Lipinski definition) is 3. The van der Waals surface area contributed by atoms with Gasteiger partial charge in [-0.15, -0.1) is 0 Å². The molecule has 0 aliphatic carbocycles. The molecule has 1 rings (SSSR count). The van der Waals surface area contributed by atoms with Crippen LogP contribution < -0.4 is 5.32 Å². The molecule has 0 bridgehead atoms. The van der Waals surface area contributed by atoms with E-state index in [2.05, 4.69) is 5.32 Å². The van der Waals surface area contributed by atoms with Crippen molar-refractivity contribution in [2.75, 3.05) is 5.32 Å². The van der Waals surface area contributed by atoms with Crippen LogP contribution in [0, 0.1) is 0 Å². The molecule has 0 aliphatic rings. The first-order valence-corrected chi connectivity index (χ1v) is 4.19. The Hall–Kier alpha value is -1.55. The van der Waals surface area contributed by atoms with E-state index in [0.29, 0.717) is 0 Å². The molecule has 0 radical (unpaired) electrons. The third-order valence-corrected chi connectivity index (χ3v) is 1.94. The third kappa shape index (κ3) is 2.23. The predicted molar refractivity (Wildman–Crippen MR) is 52.4 cm³/mol. The summed E-state index contributed by atoms with van der Waals surface area (Å²) in [5.41, 5.74) is 0.215. The van der Waals surface area contributed by atoms with Crippen LogP contribution in [0.5, 0.6) is 5.75 Å². The van der Waals surface area contributed by atoms with Crippen molar-refractivity contribution >= 4 is 29.0 Å². The van der Waals surface area contributed by atoms with Crippen LogP contribution in [0.15, 0.2) is 18.2 Å². The van der Waals surface area contributed by atoms with Crippen LogP contribution in [0.1, 0.15) is 6.92 Å². The second-order valence-electron chi connectivity index (χ2n) is 2.65. The van der Waals surface area contributed by atoms with Gasteiger partial charge in [-0.25, -0.2) is 0 Å². The summed E-state index contributed by atoms with van der Waals surface area (Å²) in [6.45, 7) is 1.14. The summed E-state index contributed by atoms with van der Waals surface area (Å²) in [7, 11) is 0. The standard InChI is InChI=1S/C9H8ClNO3/c1-5(12)9(14)11-6-3-2-4-7(13)8(6)10/h2-4,13H,1H3,(H,11,14). The number of amides is 1. The van der Waals surface area contributed by atoms with Gasteiger partial charge >= 0.3 is 0 Å². The summed E-state index contributed by atoms with van der Waals surface area (Å²) >= 11 is 5.67. The molecule has 0 saturated heterocycles. The van der Waals surface area contributed by atoms with Crippen LogP contribution in [0.25, 0.3) is 0 Å². The molecule has 0 heterocycles. The SMILES string of the molecule is CC(=O)C(=O)Nc1cccc(O)c1Cl. The fourth-order valence-corrected chi connectivity index (χ4v) is 1.000. The van der Waals surface area contributed by atoms with Crippen LogP contribution in [0.2, 0.25) is 5.02 Å². The second-order valence-corrected chi connectivity index (χ2v) is 3.03. The molecule has 2 N–H and O–H groups in total. The van der Waals surface area contributed by atoms with E-state index >= 15 is 0 Å². The quantitative estimate of drug-likeness (QED) is 0.733. The minimum absolute atomic E-state index is 0.0158. The van der Waals surface area contributed by atoms with Gasteiger partial charge in [0, 0.05) is 6.92 Å². The number of anilines is 1. The lowest BCUT2D eigenvalue weighted by Gasteiger charge is -2.05. The van der Waals surface area contributed by atoms with Gasteiger partial charge in [-0.05, 0) is 12.1 Å². The van der Waals surface area contributed by atoms with E-state index in [4.69, 9.17) is 11.6 Å². The van der Waals surface area contributed by atoms with Crippen molar-refractivity contribution in [2.24, 2.45) is 0 Å². The number of Topliss-reactive ketones (excluding diaryl/α,β-unsaturated/α-hetero) is 1. The van der Waals surface area contributed by atoms with Crippen LogP contribution in [0.4, 0.5) is 5.69 Å². The van der Waals surface area contributed by atoms with E-state index in [1.54, 1.807) is 0 Å². The van der Waals surface area contributed by atoms with Gasteiger partial charge < -0.3 is 10.4 Å². The lowest BCUT2D eigenvalue weighted by atomic mass is 10.3. The fraction of sp³-hybridized carbons (Fsp3) is 0.111. The minimum Gasteiger partial charge on any atom is -0.506 e. The molecule has 0 aromatic heterocycles. The fourth-order valence-electron chi connectivity index (χ4n) is 0.827. The number of halogens is 1. The Morgan fingerprint density at radius 3 is 2.64 bits per heavy atom. The van der Waals surface area contributed by atoms with Gasteiger partial charge in [0.15, 0.2) is 0 Å². The molecular formula is C9H8ClNO3. The van der Waals surface area contributed by atoms with E-state index in [1.807, 2.05) is 0 Å². The van der Waals surface area contributed by atoms with Crippen LogP contribution >= 0.6 is 11.6 Å². The summed E-state index contributed by atoms with van der Waals surface area (Å²) in [5, 5.41) is 11.5. The molecule has 0 spiro atoms. The van der Waals surface area contributed by atoms with Crippen LogP contribution in [-0.4, -0.2) is 16.8 Å². The number of carbonyl (C=O) groups is 2. The van der Waals surface area contributed by atoms with Gasteiger partial charge in [0.25, 0.3) is 5.91 Å². The molecule has 5 heteroatoms. The maximum Gasteiger partial charge on any atom is 0.291 e. The van der Waals surface area contributed by atoms with E-state index in [9.17, 15) is 14.7 Å². The van der Waals surface area contributed by atoms with Crippen molar-refractivity contribution < 1.29 is 14.7 Å². The number of benzene rings is 1. The number of phenolic OH excluding ortho intramolecular Hbond substituents is 1. The summed E-state index contributed by atoms with van der Waals surface area (Å²) in [6, 6.07) is 4.38. The molecule has 0 atom stereocenters. The molecule has 0 aliphatic heterocycles. The Balaban J connectivity index is 2.93. The monoisotopic (exact) mass is 213 g/mol. The maximum atomic E-state index is 11.0. The van der Waals surface area contributed by atoms with E-state index < -0.39 is 11.7 Å². The summed E-state index contributed by atoms with van der Waals surface area (Å²) in [4.78, 5) is 21.6. The number of nitrogens with one attached hydrogen (secondary N) is 1. The highest BCUT2D eigenvalue weighted by molar-refractivity contribution is 6.41. The third-order valence-electron chi connectivity index (χ3n) is 1.55. The highest BCUT2D eigenvalue weighted by Crippen LogP contribution is 2.30. The number of phenols is 1. The van der Waals surface area contributed by atoms with Crippen molar-refractivity contribution in [3.8, 4) is 5.75 Å². The van der Waals surface area contributed by atoms with Crippen LogP contribution in [-0.2, 0) is 9.59 Å². The maximum absolute atomic E-state index is 11.0. The minimum atomic E-state index is -0.766. The van der Waals surface area contributed by atoms with Gasteiger partial charge in [0.05, 0.1) is 5.69 Å². The van der Waals surface area contributed by atoms with E-state index in [0.717, 1.165) is 6.92 Å². The number of hydrogen-bond donors (Lipinski definition) is 2. The predicted octanol–water partition coefficient (Wildman–Crippen LogP) is 1.57. The Kier molecular flexibility index (Phi) is 3.09. The Morgan fingerprint density at radius 2 is 2.07 bits per heavy atom. The molecular weight excluding hydrogens is 206 g/mol. The largest absolute Gasteiger partial charge is 0.506 e. The Morgan fingerprint density at radius 1 is 1.43 bits per heavy atom. The van der Waals surface area contributed by atoms with E-state index in [1.165, 1.54) is 18.2 Å². The smallest absolute Gasteiger partial charge is 0.291 e. The second kappa shape index (κ2) is 4.11. The van der Waals surface area contributed by atoms with Crippen LogP contribution in [0.3, 0.4) is 0 Å². The zero-order valence-corrected chi connectivity index (χ0v) is 8.13. The first-order valence-electron chi connectivity index (χ1n) is 3.81. The normalized spacial score (nSPS) is 9.57. The highest BCUT2D eigenvalue weighted by Gasteiger charge is 2.11. The average Bonchev–Trinajstić information content (AvgIpc) is 2.12. The molecule has 1 amide bonds. The molecule has 14 heavy (non-hydrogen) atoms. The van der Waals surface area contributed by atoms with Gasteiger partial charge in [0.1, 0.15) is 10.8 Å². The Bertz CT molecular complexity index is 390. The van der Waals surface area contributed by atoms with Crippen molar-refractivity contribution in [1.29, 1.82) is 0 Å². The Labute approximate surface area is 85.5 Å². The number of aromatic hydroxyl groups is 1. The highest BCUT2D eigenvalue weighted by atomic mass is 35.5. The summed E-state index contributed by atoms with van der Waals surface area (Å²) < 4.78 is 0. The molecule has 0 saturated carbocycles. The zero-order chi connectivity index (χ0) is 10.7. The average molecular weight is 214 g/mol. The van der Waals surface area contributed by atoms with Gasteiger partial charge in [-0.3, -0.25) is 9.59 Å². The van der Waals surface area contributed by atoms with Gasteiger partial charge in [0.2, 0.25) is 5.78 Å². The molecule has 1 aromatic rings. The lowest BCUT2D eigenvalue weighted by Crippen LogP contribution is -2.19. The van der Waals surface area contributed by atoms with Crippen molar-refractivity contribution in [1.82, 2.24) is 0 Å². The lowest BCUT2D eigenvalue weighted by molar-refractivity contribution is -0.133. The number of rotatable bonds is 2. The summed E-state index contributed by atoms with van der Waals surface area (Å²) in [6.07, 6.45) is 0. The number of carbonyl (C=O) groups excluding carboxylic acids is 2. The topological polar surface area (TPSA) is 66.4 Å². The molecule has 0 fully saturated rings. The van der Waals surface area contributed by atoms with Crippen molar-refractivity contribution in [3.63, 3.8) is 0 Å².